The fourth-order valence-corrected chi connectivity index (χ4v) is 0.480. The van der Waals surface area contributed by atoms with Gasteiger partial charge in [-0.2, -0.15) is 0 Å². The van der Waals surface area contributed by atoms with Crippen LogP contribution in [0.4, 0.5) is 0 Å². The molecule has 0 aromatic heterocycles. The Balaban J connectivity index is 3.53. The Bertz CT molecular complexity index is 188. The van der Waals surface area contributed by atoms with E-state index < -0.39 is 5.91 Å². The summed E-state index contributed by atoms with van der Waals surface area (Å²) in [6, 6.07) is 0. The summed E-state index contributed by atoms with van der Waals surface area (Å²) < 4.78 is 0. The molecule has 0 fully saturated rings. The van der Waals surface area contributed by atoms with Gasteiger partial charge >= 0.3 is 0 Å². The Hall–Kier alpha value is -1.39. The molecule has 0 atom stereocenters. The number of rotatable bonds is 4. The molecular weight excluding hydrogens is 148 g/mol. The molecule has 0 spiro atoms. The zero-order valence-electron chi connectivity index (χ0n) is 6.22. The van der Waals surface area contributed by atoms with E-state index in [0.29, 0.717) is 0 Å². The molecule has 0 radical (unpaired) electrons. The van der Waals surface area contributed by atoms with Crippen molar-refractivity contribution >= 4 is 17.6 Å². The first kappa shape index (κ1) is 9.61. The summed E-state index contributed by atoms with van der Waals surface area (Å²) in [5, 5.41) is 2.25. The lowest BCUT2D eigenvalue weighted by molar-refractivity contribution is -0.128. The van der Waals surface area contributed by atoms with Gasteiger partial charge in [0.15, 0.2) is 5.78 Å². The van der Waals surface area contributed by atoms with Crippen LogP contribution in [0, 0.1) is 0 Å². The minimum atomic E-state index is -0.680. The number of nitrogens with two attached hydrogens (primary N) is 1. The van der Waals surface area contributed by atoms with Gasteiger partial charge in [0.05, 0.1) is 13.0 Å². The Kier molecular flexibility index (Phi) is 3.87. The van der Waals surface area contributed by atoms with Gasteiger partial charge in [-0.25, -0.2) is 0 Å². The number of Topliss-reactive ketones (excluding diaryl/α,β-unsaturated/α-hetero) is 1. The van der Waals surface area contributed by atoms with Gasteiger partial charge in [-0.3, -0.25) is 14.4 Å². The van der Waals surface area contributed by atoms with Crippen molar-refractivity contribution < 1.29 is 14.4 Å². The Labute approximate surface area is 63.9 Å². The zero-order valence-corrected chi connectivity index (χ0v) is 6.22. The van der Waals surface area contributed by atoms with Crippen molar-refractivity contribution in [3.05, 3.63) is 0 Å². The lowest BCUT2D eigenvalue weighted by atomic mass is 10.3. The second kappa shape index (κ2) is 4.43. The van der Waals surface area contributed by atoms with E-state index in [4.69, 9.17) is 5.73 Å². The Morgan fingerprint density at radius 2 is 1.91 bits per heavy atom. The molecular formula is C6H10N2O3. The molecule has 0 bridgehead atoms. The van der Waals surface area contributed by atoms with Gasteiger partial charge in [-0.1, -0.05) is 0 Å². The van der Waals surface area contributed by atoms with E-state index in [9.17, 15) is 14.4 Å². The number of primary amides is 1. The Morgan fingerprint density at radius 1 is 1.36 bits per heavy atom. The summed E-state index contributed by atoms with van der Waals surface area (Å²) in [4.78, 5) is 31.0. The molecule has 5 heteroatoms. The monoisotopic (exact) mass is 158 g/mol. The van der Waals surface area contributed by atoms with Crippen LogP contribution in [0.5, 0.6) is 0 Å². The fraction of sp³-hybridized carbons (Fsp3) is 0.500. The van der Waals surface area contributed by atoms with Crippen molar-refractivity contribution in [2.75, 3.05) is 6.54 Å². The molecule has 0 aliphatic rings. The summed E-state index contributed by atoms with van der Waals surface area (Å²) in [5.41, 5.74) is 4.73. The molecule has 0 saturated heterocycles. The highest BCUT2D eigenvalue weighted by Gasteiger charge is 2.05. The van der Waals surface area contributed by atoms with Crippen molar-refractivity contribution in [2.24, 2.45) is 5.73 Å². The van der Waals surface area contributed by atoms with Crippen LogP contribution in [0.3, 0.4) is 0 Å². The van der Waals surface area contributed by atoms with Gasteiger partial charge in [0.2, 0.25) is 11.8 Å². The van der Waals surface area contributed by atoms with E-state index in [1.54, 1.807) is 0 Å². The van der Waals surface area contributed by atoms with Gasteiger partial charge < -0.3 is 11.1 Å². The highest BCUT2D eigenvalue weighted by Crippen LogP contribution is 1.78. The van der Waals surface area contributed by atoms with Crippen LogP contribution < -0.4 is 11.1 Å². The number of amides is 2. The van der Waals surface area contributed by atoms with Crippen molar-refractivity contribution in [1.29, 1.82) is 0 Å². The van der Waals surface area contributed by atoms with Crippen molar-refractivity contribution in [1.82, 2.24) is 5.32 Å². The van der Waals surface area contributed by atoms with Crippen molar-refractivity contribution in [2.45, 2.75) is 13.3 Å². The molecule has 0 heterocycles. The predicted molar refractivity (Wildman–Crippen MR) is 37.5 cm³/mol. The molecule has 0 aromatic carbocycles. The lowest BCUT2D eigenvalue weighted by Gasteiger charge is -1.97. The maximum absolute atomic E-state index is 10.6. The van der Waals surface area contributed by atoms with E-state index in [-0.39, 0.29) is 24.7 Å². The average Bonchev–Trinajstić information content (AvgIpc) is 1.82. The highest BCUT2D eigenvalue weighted by atomic mass is 16.2. The normalized spacial score (nSPS) is 8.82. The molecule has 62 valence electrons. The molecule has 0 saturated carbocycles. The second-order valence-corrected chi connectivity index (χ2v) is 2.09. The van der Waals surface area contributed by atoms with Crippen LogP contribution in [0.1, 0.15) is 13.3 Å². The number of hydrogen-bond donors (Lipinski definition) is 2. The van der Waals surface area contributed by atoms with E-state index >= 15 is 0 Å². The summed E-state index contributed by atoms with van der Waals surface area (Å²) in [5.74, 6) is -1.36. The summed E-state index contributed by atoms with van der Waals surface area (Å²) in [6.07, 6.45) is -0.319. The van der Waals surface area contributed by atoms with Gasteiger partial charge in [-0.05, 0) is 0 Å². The fourth-order valence-electron chi connectivity index (χ4n) is 0.480. The summed E-state index contributed by atoms with van der Waals surface area (Å²) in [7, 11) is 0. The Morgan fingerprint density at radius 3 is 2.27 bits per heavy atom. The lowest BCUT2D eigenvalue weighted by Crippen LogP contribution is -2.29. The van der Waals surface area contributed by atoms with Gasteiger partial charge in [0, 0.05) is 6.92 Å². The van der Waals surface area contributed by atoms with Crippen LogP contribution >= 0.6 is 0 Å². The van der Waals surface area contributed by atoms with Crippen LogP contribution in [-0.2, 0) is 14.4 Å². The summed E-state index contributed by atoms with van der Waals surface area (Å²) >= 11 is 0. The molecule has 0 aromatic rings. The molecule has 3 N–H and O–H groups in total. The highest BCUT2D eigenvalue weighted by molar-refractivity contribution is 5.99. The number of carbonyl (C=O) groups is 3. The van der Waals surface area contributed by atoms with E-state index in [1.807, 2.05) is 0 Å². The topological polar surface area (TPSA) is 89.3 Å². The predicted octanol–water partition coefficient (Wildman–Crippen LogP) is -1.43. The SMILES string of the molecule is CC(=O)NCC(=O)CC(N)=O. The van der Waals surface area contributed by atoms with Gasteiger partial charge in [0.1, 0.15) is 0 Å². The number of carbonyl (C=O) groups excluding carboxylic acids is 3. The molecule has 0 aliphatic carbocycles. The largest absolute Gasteiger partial charge is 0.369 e. The zero-order chi connectivity index (χ0) is 8.85. The molecule has 5 nitrogen and oxygen atoms in total. The van der Waals surface area contributed by atoms with Gasteiger partial charge in [0.25, 0.3) is 0 Å². The summed E-state index contributed by atoms with van der Waals surface area (Å²) in [6.45, 7) is 1.16. The van der Waals surface area contributed by atoms with Crippen molar-refractivity contribution in [3.8, 4) is 0 Å². The van der Waals surface area contributed by atoms with Crippen LogP contribution in [0.15, 0.2) is 0 Å². The van der Waals surface area contributed by atoms with E-state index in [0.717, 1.165) is 0 Å². The van der Waals surface area contributed by atoms with E-state index in [2.05, 4.69) is 5.32 Å². The first-order chi connectivity index (χ1) is 5.02. The number of hydrogen-bond acceptors (Lipinski definition) is 3. The molecule has 0 aliphatic heterocycles. The average molecular weight is 158 g/mol. The van der Waals surface area contributed by atoms with Crippen molar-refractivity contribution in [3.63, 3.8) is 0 Å². The first-order valence-corrected chi connectivity index (χ1v) is 3.07. The third-order valence-corrected chi connectivity index (χ3v) is 0.906. The molecule has 0 unspecified atom stereocenters. The number of nitrogens with one attached hydrogen (secondary N) is 1. The maximum atomic E-state index is 10.6. The molecule has 2 amide bonds. The molecule has 0 rings (SSSR count). The second-order valence-electron chi connectivity index (χ2n) is 2.09. The third-order valence-electron chi connectivity index (χ3n) is 0.906. The minimum Gasteiger partial charge on any atom is -0.369 e. The maximum Gasteiger partial charge on any atom is 0.224 e. The van der Waals surface area contributed by atoms with Crippen LogP contribution in [0.25, 0.3) is 0 Å². The smallest absolute Gasteiger partial charge is 0.224 e. The standard InChI is InChI=1S/C6H10N2O3/c1-4(9)8-3-5(10)2-6(7)11/h2-3H2,1H3,(H2,7,11)(H,8,9). The minimum absolute atomic E-state index is 0.127. The van der Waals surface area contributed by atoms with E-state index in [1.165, 1.54) is 6.92 Å². The van der Waals surface area contributed by atoms with Gasteiger partial charge in [-0.15, -0.1) is 0 Å². The van der Waals surface area contributed by atoms with Crippen LogP contribution in [0.2, 0.25) is 0 Å². The van der Waals surface area contributed by atoms with Crippen LogP contribution in [-0.4, -0.2) is 24.1 Å². The third kappa shape index (κ3) is 6.50. The quantitative estimate of drug-likeness (QED) is 0.491. The molecule has 11 heavy (non-hydrogen) atoms. The number of ketones is 1. The first-order valence-electron chi connectivity index (χ1n) is 3.07.